The third-order valence-corrected chi connectivity index (χ3v) is 4.29. The van der Waals surface area contributed by atoms with E-state index in [4.69, 9.17) is 0 Å². The van der Waals surface area contributed by atoms with Crippen LogP contribution in [0.3, 0.4) is 0 Å². The number of hydrogen-bond acceptors (Lipinski definition) is 4. The van der Waals surface area contributed by atoms with Crippen LogP contribution in [-0.4, -0.2) is 33.9 Å². The fourth-order valence-electron chi connectivity index (χ4n) is 3.00. The number of para-hydroxylation sites is 1. The van der Waals surface area contributed by atoms with E-state index in [0.29, 0.717) is 17.0 Å². The summed E-state index contributed by atoms with van der Waals surface area (Å²) in [5, 5.41) is 3.98. The van der Waals surface area contributed by atoms with E-state index >= 15 is 0 Å². The van der Waals surface area contributed by atoms with E-state index in [-0.39, 0.29) is 17.5 Å². The van der Waals surface area contributed by atoms with Crippen LogP contribution >= 0.6 is 0 Å². The molecule has 126 valence electrons. The number of aromatic nitrogens is 2. The van der Waals surface area contributed by atoms with Crippen LogP contribution in [0.15, 0.2) is 48.5 Å². The van der Waals surface area contributed by atoms with Crippen LogP contribution in [0.5, 0.6) is 0 Å². The first-order valence-corrected chi connectivity index (χ1v) is 8.29. The molecule has 6 heteroatoms. The third kappa shape index (κ3) is 3.15. The number of nitrogens with zero attached hydrogens (tertiary/aromatic N) is 3. The Labute approximate surface area is 144 Å². The van der Waals surface area contributed by atoms with Crippen LogP contribution in [0.4, 0.5) is 15.9 Å². The largest absolute Gasteiger partial charge is 0.340 e. The number of carbonyl (C=O) groups excluding carboxylic acids is 1. The summed E-state index contributed by atoms with van der Waals surface area (Å²) in [6.45, 7) is 1.49. The molecule has 1 aliphatic heterocycles. The first kappa shape index (κ1) is 15.5. The molecule has 5 nitrogen and oxygen atoms in total. The first-order valence-electron chi connectivity index (χ1n) is 8.29. The maximum absolute atomic E-state index is 13.1. The molecule has 0 radical (unpaired) electrons. The lowest BCUT2D eigenvalue weighted by Crippen LogP contribution is -2.29. The number of rotatable bonds is 3. The summed E-state index contributed by atoms with van der Waals surface area (Å²) in [5.41, 5.74) is 1.40. The van der Waals surface area contributed by atoms with Crippen LogP contribution in [0.25, 0.3) is 10.9 Å². The van der Waals surface area contributed by atoms with Crippen LogP contribution in [0.1, 0.15) is 23.5 Å². The van der Waals surface area contributed by atoms with Crippen LogP contribution in [-0.2, 0) is 0 Å². The van der Waals surface area contributed by atoms with Gasteiger partial charge in [-0.2, -0.15) is 0 Å². The molecular formula is C19H17FN4O. The number of amides is 1. The van der Waals surface area contributed by atoms with Gasteiger partial charge in [-0.1, -0.05) is 12.1 Å². The predicted molar refractivity (Wildman–Crippen MR) is 94.4 cm³/mol. The molecule has 0 spiro atoms. The number of anilines is 2. The molecule has 0 atom stereocenters. The molecule has 1 amide bonds. The standard InChI is InChI=1S/C19H17FN4O/c20-13-7-9-14(10-8-13)21-17-15-5-1-2-6-16(15)22-18(23-17)19(25)24-11-3-4-12-24/h1-2,5-10H,3-4,11-12H2,(H,21,22,23). The number of fused-ring (bicyclic) bond motifs is 1. The van der Waals surface area contributed by atoms with Gasteiger partial charge in [0.2, 0.25) is 5.82 Å². The maximum Gasteiger partial charge on any atom is 0.291 e. The fraction of sp³-hybridized carbons (Fsp3) is 0.211. The summed E-state index contributed by atoms with van der Waals surface area (Å²) in [6, 6.07) is 13.5. The van der Waals surface area contributed by atoms with Gasteiger partial charge in [0, 0.05) is 24.2 Å². The Morgan fingerprint density at radius 3 is 2.48 bits per heavy atom. The van der Waals surface area contributed by atoms with Crippen molar-refractivity contribution in [1.29, 1.82) is 0 Å². The summed E-state index contributed by atoms with van der Waals surface area (Å²) >= 11 is 0. The van der Waals surface area contributed by atoms with Gasteiger partial charge in [0.25, 0.3) is 5.91 Å². The molecule has 0 saturated carbocycles. The van der Waals surface area contributed by atoms with Crippen molar-refractivity contribution in [3.63, 3.8) is 0 Å². The molecule has 1 saturated heterocycles. The number of benzene rings is 2. The Hall–Kier alpha value is -3.02. The molecule has 4 rings (SSSR count). The van der Waals surface area contributed by atoms with Crippen molar-refractivity contribution >= 4 is 28.3 Å². The summed E-state index contributed by atoms with van der Waals surface area (Å²) < 4.78 is 13.1. The van der Waals surface area contributed by atoms with Crippen molar-refractivity contribution in [2.75, 3.05) is 18.4 Å². The molecular weight excluding hydrogens is 319 g/mol. The highest BCUT2D eigenvalue weighted by molar-refractivity contribution is 5.97. The smallest absolute Gasteiger partial charge is 0.291 e. The molecule has 3 aromatic rings. The number of halogens is 1. The van der Waals surface area contributed by atoms with E-state index in [2.05, 4.69) is 15.3 Å². The number of hydrogen-bond donors (Lipinski definition) is 1. The van der Waals surface area contributed by atoms with Gasteiger partial charge < -0.3 is 10.2 Å². The summed E-state index contributed by atoms with van der Waals surface area (Å²) in [5.74, 6) is 0.276. The topological polar surface area (TPSA) is 58.1 Å². The molecule has 0 unspecified atom stereocenters. The van der Waals surface area contributed by atoms with Crippen molar-refractivity contribution in [3.8, 4) is 0 Å². The van der Waals surface area contributed by atoms with E-state index in [1.54, 1.807) is 17.0 Å². The fourth-order valence-corrected chi connectivity index (χ4v) is 3.00. The number of nitrogens with one attached hydrogen (secondary N) is 1. The zero-order chi connectivity index (χ0) is 17.2. The summed E-state index contributed by atoms with van der Waals surface area (Å²) in [7, 11) is 0. The average molecular weight is 336 g/mol. The van der Waals surface area contributed by atoms with Crippen LogP contribution < -0.4 is 5.32 Å². The van der Waals surface area contributed by atoms with E-state index in [1.165, 1.54) is 12.1 Å². The lowest BCUT2D eigenvalue weighted by molar-refractivity contribution is 0.0781. The molecule has 0 aliphatic carbocycles. The molecule has 1 N–H and O–H groups in total. The minimum atomic E-state index is -0.303. The van der Waals surface area contributed by atoms with E-state index in [0.717, 1.165) is 31.3 Å². The van der Waals surface area contributed by atoms with Crippen molar-refractivity contribution < 1.29 is 9.18 Å². The Morgan fingerprint density at radius 1 is 1.00 bits per heavy atom. The quantitative estimate of drug-likeness (QED) is 0.791. The molecule has 2 heterocycles. The van der Waals surface area contributed by atoms with Crippen molar-refractivity contribution in [2.24, 2.45) is 0 Å². The Bertz CT molecular complexity index is 920. The summed E-state index contributed by atoms with van der Waals surface area (Å²) in [4.78, 5) is 23.3. The molecule has 2 aromatic carbocycles. The second kappa shape index (κ2) is 6.47. The van der Waals surface area contributed by atoms with Crippen LogP contribution in [0, 0.1) is 5.82 Å². The molecule has 1 fully saturated rings. The van der Waals surface area contributed by atoms with E-state index < -0.39 is 0 Å². The van der Waals surface area contributed by atoms with Crippen LogP contribution in [0.2, 0.25) is 0 Å². The average Bonchev–Trinajstić information content (AvgIpc) is 3.17. The lowest BCUT2D eigenvalue weighted by Gasteiger charge is -2.16. The second-order valence-electron chi connectivity index (χ2n) is 6.04. The van der Waals surface area contributed by atoms with Crippen molar-refractivity contribution in [3.05, 3.63) is 60.2 Å². The minimum absolute atomic E-state index is 0.148. The Morgan fingerprint density at radius 2 is 1.72 bits per heavy atom. The monoisotopic (exact) mass is 336 g/mol. The minimum Gasteiger partial charge on any atom is -0.340 e. The molecule has 25 heavy (non-hydrogen) atoms. The lowest BCUT2D eigenvalue weighted by atomic mass is 10.2. The number of likely N-dealkylation sites (tertiary alicyclic amines) is 1. The SMILES string of the molecule is O=C(c1nc(Nc2ccc(F)cc2)c2ccccc2n1)N1CCCC1. The highest BCUT2D eigenvalue weighted by Crippen LogP contribution is 2.24. The van der Waals surface area contributed by atoms with Gasteiger partial charge in [0.15, 0.2) is 0 Å². The van der Waals surface area contributed by atoms with Gasteiger partial charge in [0.05, 0.1) is 5.52 Å². The highest BCUT2D eigenvalue weighted by atomic mass is 19.1. The normalized spacial score (nSPS) is 14.0. The van der Waals surface area contributed by atoms with Gasteiger partial charge in [-0.15, -0.1) is 0 Å². The molecule has 0 bridgehead atoms. The zero-order valence-corrected chi connectivity index (χ0v) is 13.6. The third-order valence-electron chi connectivity index (χ3n) is 4.29. The molecule has 1 aliphatic rings. The van der Waals surface area contributed by atoms with Crippen molar-refractivity contribution in [1.82, 2.24) is 14.9 Å². The van der Waals surface area contributed by atoms with E-state index in [1.807, 2.05) is 24.3 Å². The molecule has 1 aromatic heterocycles. The first-order chi connectivity index (χ1) is 12.2. The second-order valence-corrected chi connectivity index (χ2v) is 6.04. The number of carbonyl (C=O) groups is 1. The maximum atomic E-state index is 13.1. The van der Waals surface area contributed by atoms with Gasteiger partial charge in [-0.25, -0.2) is 14.4 Å². The van der Waals surface area contributed by atoms with E-state index in [9.17, 15) is 9.18 Å². The summed E-state index contributed by atoms with van der Waals surface area (Å²) in [6.07, 6.45) is 2.03. The van der Waals surface area contributed by atoms with Gasteiger partial charge >= 0.3 is 0 Å². The van der Waals surface area contributed by atoms with Crippen molar-refractivity contribution in [2.45, 2.75) is 12.8 Å². The van der Waals surface area contributed by atoms with Gasteiger partial charge in [0.1, 0.15) is 11.6 Å². The highest BCUT2D eigenvalue weighted by Gasteiger charge is 2.23. The Balaban J connectivity index is 1.75. The Kier molecular flexibility index (Phi) is 4.01. The van der Waals surface area contributed by atoms with Gasteiger partial charge in [-0.3, -0.25) is 4.79 Å². The zero-order valence-electron chi connectivity index (χ0n) is 13.6. The van der Waals surface area contributed by atoms with Gasteiger partial charge in [-0.05, 0) is 49.2 Å². The predicted octanol–water partition coefficient (Wildman–Crippen LogP) is 3.75.